The van der Waals surface area contributed by atoms with Gasteiger partial charge in [-0.25, -0.2) is 0 Å². The maximum absolute atomic E-state index is 11.9. The molecule has 0 saturated carbocycles. The van der Waals surface area contributed by atoms with Crippen molar-refractivity contribution in [2.75, 3.05) is 5.06 Å². The van der Waals surface area contributed by atoms with Crippen LogP contribution in [-0.4, -0.2) is 22.2 Å². The van der Waals surface area contributed by atoms with Crippen LogP contribution in [0.25, 0.3) is 0 Å². The average Bonchev–Trinajstić information content (AvgIpc) is 2.48. The number of amides is 1. The molecular formula is C17H25NO4. The van der Waals surface area contributed by atoms with E-state index in [-0.39, 0.29) is 12.3 Å². The van der Waals surface area contributed by atoms with Crippen molar-refractivity contribution in [3.8, 4) is 0 Å². The molecule has 0 saturated heterocycles. The van der Waals surface area contributed by atoms with Crippen LogP contribution in [0.4, 0.5) is 5.69 Å². The molecule has 22 heavy (non-hydrogen) atoms. The van der Waals surface area contributed by atoms with Gasteiger partial charge in [-0.3, -0.25) is 14.8 Å². The van der Waals surface area contributed by atoms with Gasteiger partial charge in [-0.1, -0.05) is 37.8 Å². The van der Waals surface area contributed by atoms with Crippen molar-refractivity contribution in [2.45, 2.75) is 58.3 Å². The first-order valence-corrected chi connectivity index (χ1v) is 7.81. The third-order valence-corrected chi connectivity index (χ3v) is 3.51. The van der Waals surface area contributed by atoms with Crippen molar-refractivity contribution in [3.63, 3.8) is 0 Å². The minimum atomic E-state index is -0.746. The Morgan fingerprint density at radius 2 is 1.59 bits per heavy atom. The maximum Gasteiger partial charge on any atom is 0.303 e. The number of aliphatic carboxylic acids is 1. The Hall–Kier alpha value is -1.88. The van der Waals surface area contributed by atoms with Crippen LogP contribution in [0.5, 0.6) is 0 Å². The van der Waals surface area contributed by atoms with Gasteiger partial charge < -0.3 is 5.11 Å². The van der Waals surface area contributed by atoms with Crippen LogP contribution in [0.2, 0.25) is 0 Å². The van der Waals surface area contributed by atoms with Gasteiger partial charge in [0.05, 0.1) is 5.69 Å². The number of rotatable bonds is 10. The molecule has 5 nitrogen and oxygen atoms in total. The Morgan fingerprint density at radius 3 is 2.18 bits per heavy atom. The second-order valence-electron chi connectivity index (χ2n) is 5.56. The second-order valence-corrected chi connectivity index (χ2v) is 5.56. The molecule has 0 aromatic heterocycles. The van der Waals surface area contributed by atoms with Crippen molar-refractivity contribution in [1.29, 1.82) is 0 Å². The van der Waals surface area contributed by atoms with Gasteiger partial charge in [0.2, 0.25) is 0 Å². The van der Waals surface area contributed by atoms with Gasteiger partial charge in [0, 0.05) is 12.8 Å². The number of hydrogen-bond acceptors (Lipinski definition) is 3. The first-order chi connectivity index (χ1) is 10.5. The first kappa shape index (κ1) is 18.2. The molecule has 2 N–H and O–H groups in total. The van der Waals surface area contributed by atoms with Gasteiger partial charge in [0.25, 0.3) is 5.91 Å². The van der Waals surface area contributed by atoms with Crippen LogP contribution in [0.3, 0.4) is 0 Å². The highest BCUT2D eigenvalue weighted by Gasteiger charge is 2.12. The summed E-state index contributed by atoms with van der Waals surface area (Å²) in [6.07, 6.45) is 5.81. The zero-order valence-electron chi connectivity index (χ0n) is 13.1. The van der Waals surface area contributed by atoms with E-state index in [4.69, 9.17) is 5.11 Å². The lowest BCUT2D eigenvalue weighted by Crippen LogP contribution is -2.26. The molecule has 1 aromatic carbocycles. The number of anilines is 1. The molecule has 0 heterocycles. The molecule has 0 aliphatic carbocycles. The molecule has 1 aromatic rings. The fourth-order valence-electron chi connectivity index (χ4n) is 2.27. The third-order valence-electron chi connectivity index (χ3n) is 3.51. The Morgan fingerprint density at radius 1 is 1.00 bits per heavy atom. The number of benzene rings is 1. The van der Waals surface area contributed by atoms with E-state index in [2.05, 4.69) is 0 Å². The molecular weight excluding hydrogens is 282 g/mol. The number of carbonyl (C=O) groups excluding carboxylic acids is 1. The molecule has 0 unspecified atom stereocenters. The third kappa shape index (κ3) is 7.22. The summed E-state index contributed by atoms with van der Waals surface area (Å²) in [5.41, 5.74) is 1.49. The zero-order valence-corrected chi connectivity index (χ0v) is 13.1. The van der Waals surface area contributed by atoms with Crippen LogP contribution in [-0.2, 0) is 9.59 Å². The molecule has 0 radical (unpaired) electrons. The summed E-state index contributed by atoms with van der Waals surface area (Å²) < 4.78 is 0. The second kappa shape index (κ2) is 9.95. The quantitative estimate of drug-likeness (QED) is 0.390. The zero-order chi connectivity index (χ0) is 16.4. The van der Waals surface area contributed by atoms with E-state index in [9.17, 15) is 14.8 Å². The van der Waals surface area contributed by atoms with E-state index in [0.717, 1.165) is 42.7 Å². The highest BCUT2D eigenvalue weighted by atomic mass is 16.5. The minimum Gasteiger partial charge on any atom is -0.481 e. The SMILES string of the molecule is Cc1cccc(N(O)C(=O)CCCCCCCCC(=O)O)c1. The Labute approximate surface area is 131 Å². The smallest absolute Gasteiger partial charge is 0.303 e. The highest BCUT2D eigenvalue weighted by molar-refractivity contribution is 5.90. The monoisotopic (exact) mass is 307 g/mol. The van der Waals surface area contributed by atoms with E-state index in [1.165, 1.54) is 0 Å². The average molecular weight is 307 g/mol. The van der Waals surface area contributed by atoms with E-state index < -0.39 is 5.97 Å². The fraction of sp³-hybridized carbons (Fsp3) is 0.529. The molecule has 0 atom stereocenters. The number of aryl methyl sites for hydroxylation is 1. The Bertz CT molecular complexity index is 487. The number of nitrogens with zero attached hydrogens (tertiary/aromatic N) is 1. The molecule has 0 fully saturated rings. The first-order valence-electron chi connectivity index (χ1n) is 7.81. The van der Waals surface area contributed by atoms with E-state index in [1.54, 1.807) is 18.2 Å². The molecule has 5 heteroatoms. The maximum atomic E-state index is 11.9. The predicted molar refractivity (Wildman–Crippen MR) is 85.0 cm³/mol. The Balaban J connectivity index is 2.14. The number of unbranched alkanes of at least 4 members (excludes halogenated alkanes) is 5. The topological polar surface area (TPSA) is 77.8 Å². The number of carboxylic acids is 1. The normalized spacial score (nSPS) is 10.5. The summed E-state index contributed by atoms with van der Waals surface area (Å²) in [6.45, 7) is 1.91. The summed E-state index contributed by atoms with van der Waals surface area (Å²) in [6, 6.07) is 7.18. The van der Waals surface area contributed by atoms with Crippen LogP contribution >= 0.6 is 0 Å². The summed E-state index contributed by atoms with van der Waals surface area (Å²) in [7, 11) is 0. The largest absolute Gasteiger partial charge is 0.481 e. The van der Waals surface area contributed by atoms with Crippen molar-refractivity contribution in [3.05, 3.63) is 29.8 Å². The molecule has 0 bridgehead atoms. The van der Waals surface area contributed by atoms with Gasteiger partial charge in [-0.2, -0.15) is 5.06 Å². The lowest BCUT2D eigenvalue weighted by atomic mass is 10.1. The van der Waals surface area contributed by atoms with E-state index in [0.29, 0.717) is 18.5 Å². The fourth-order valence-corrected chi connectivity index (χ4v) is 2.27. The van der Waals surface area contributed by atoms with Crippen molar-refractivity contribution >= 4 is 17.6 Å². The summed E-state index contributed by atoms with van der Waals surface area (Å²) in [5.74, 6) is -1.04. The van der Waals surface area contributed by atoms with Crippen LogP contribution in [0.1, 0.15) is 56.9 Å². The van der Waals surface area contributed by atoms with Crippen LogP contribution < -0.4 is 5.06 Å². The minimum absolute atomic E-state index is 0.231. The van der Waals surface area contributed by atoms with E-state index in [1.807, 2.05) is 13.0 Å². The number of carbonyl (C=O) groups is 2. The van der Waals surface area contributed by atoms with Crippen molar-refractivity contribution in [1.82, 2.24) is 0 Å². The van der Waals surface area contributed by atoms with Gasteiger partial charge >= 0.3 is 5.97 Å². The lowest BCUT2D eigenvalue weighted by Gasteiger charge is -2.15. The van der Waals surface area contributed by atoms with E-state index >= 15 is 0 Å². The molecule has 0 aliphatic heterocycles. The highest BCUT2D eigenvalue weighted by Crippen LogP contribution is 2.16. The predicted octanol–water partition coefficient (Wildman–Crippen LogP) is 3.92. The van der Waals surface area contributed by atoms with Crippen molar-refractivity contribution < 1.29 is 19.9 Å². The van der Waals surface area contributed by atoms with Gasteiger partial charge in [-0.05, 0) is 37.5 Å². The lowest BCUT2D eigenvalue weighted by molar-refractivity contribution is -0.137. The molecule has 1 rings (SSSR count). The molecule has 0 aliphatic rings. The van der Waals surface area contributed by atoms with Gasteiger partial charge in [0.1, 0.15) is 0 Å². The molecule has 122 valence electrons. The summed E-state index contributed by atoms with van der Waals surface area (Å²) in [4.78, 5) is 22.2. The number of hydrogen-bond donors (Lipinski definition) is 2. The summed E-state index contributed by atoms with van der Waals surface area (Å²) >= 11 is 0. The number of carboxylic acid groups (broad SMARTS) is 1. The van der Waals surface area contributed by atoms with Crippen LogP contribution in [0.15, 0.2) is 24.3 Å². The standard InChI is InChI=1S/C17H25NO4/c1-14-9-8-10-15(13-14)18(22)16(19)11-6-4-2-3-5-7-12-17(20)21/h8-10,13,22H,2-7,11-12H2,1H3,(H,20,21). The number of hydroxylamine groups is 1. The summed E-state index contributed by atoms with van der Waals surface area (Å²) in [5, 5.41) is 19.1. The Kier molecular flexibility index (Phi) is 8.22. The van der Waals surface area contributed by atoms with Crippen LogP contribution in [0, 0.1) is 6.92 Å². The molecule has 0 spiro atoms. The van der Waals surface area contributed by atoms with Gasteiger partial charge in [-0.15, -0.1) is 0 Å². The molecule has 1 amide bonds. The van der Waals surface area contributed by atoms with Gasteiger partial charge in [0.15, 0.2) is 0 Å². The van der Waals surface area contributed by atoms with Crippen molar-refractivity contribution in [2.24, 2.45) is 0 Å².